The van der Waals surface area contributed by atoms with Gasteiger partial charge in [-0.25, -0.2) is 0 Å². The van der Waals surface area contributed by atoms with Crippen LogP contribution in [0.3, 0.4) is 0 Å². The van der Waals surface area contributed by atoms with Crippen molar-refractivity contribution < 1.29 is 9.59 Å². The molecule has 0 aromatic carbocycles. The molecular formula is C7H10N4O2S2. The smallest absolute Gasteiger partial charge is 0.227 e. The number of thioether (sulfide) groups is 1. The summed E-state index contributed by atoms with van der Waals surface area (Å²) in [6.07, 6.45) is 0.392. The maximum atomic E-state index is 11.0. The second-order valence-electron chi connectivity index (χ2n) is 2.53. The number of nitrogens with zero attached hydrogens (tertiary/aromatic N) is 2. The van der Waals surface area contributed by atoms with Crippen molar-refractivity contribution in [2.75, 3.05) is 11.1 Å². The van der Waals surface area contributed by atoms with Crippen LogP contribution >= 0.6 is 23.1 Å². The number of anilines is 1. The predicted octanol–water partition coefficient (Wildman–Crippen LogP) is 0.464. The van der Waals surface area contributed by atoms with Gasteiger partial charge in [-0.2, -0.15) is 0 Å². The van der Waals surface area contributed by atoms with Crippen LogP contribution in [-0.2, 0) is 9.59 Å². The van der Waals surface area contributed by atoms with E-state index in [2.05, 4.69) is 15.5 Å². The van der Waals surface area contributed by atoms with Gasteiger partial charge in [0, 0.05) is 6.42 Å². The molecule has 1 aromatic heterocycles. The van der Waals surface area contributed by atoms with E-state index >= 15 is 0 Å². The second kappa shape index (κ2) is 5.66. The summed E-state index contributed by atoms with van der Waals surface area (Å²) in [5, 5.41) is 10.5. The van der Waals surface area contributed by atoms with Gasteiger partial charge in [0.05, 0.1) is 5.75 Å². The Balaban J connectivity index is 2.49. The van der Waals surface area contributed by atoms with Gasteiger partial charge < -0.3 is 11.1 Å². The zero-order valence-corrected chi connectivity index (χ0v) is 9.65. The van der Waals surface area contributed by atoms with Crippen molar-refractivity contribution in [2.45, 2.75) is 17.7 Å². The molecule has 1 heterocycles. The molecule has 1 rings (SSSR count). The van der Waals surface area contributed by atoms with E-state index in [-0.39, 0.29) is 11.7 Å². The van der Waals surface area contributed by atoms with Gasteiger partial charge in [-0.3, -0.25) is 9.59 Å². The molecule has 0 fully saturated rings. The number of carbonyl (C=O) groups is 2. The van der Waals surface area contributed by atoms with Crippen LogP contribution < -0.4 is 11.1 Å². The van der Waals surface area contributed by atoms with Gasteiger partial charge in [0.1, 0.15) is 0 Å². The number of hydrogen-bond acceptors (Lipinski definition) is 6. The minimum Gasteiger partial charge on any atom is -0.369 e. The van der Waals surface area contributed by atoms with Crippen LogP contribution in [0.25, 0.3) is 0 Å². The lowest BCUT2D eigenvalue weighted by atomic mass is 10.5. The SMILES string of the molecule is CCC(=O)Nc1nnc(SCC(N)=O)s1. The highest BCUT2D eigenvalue weighted by molar-refractivity contribution is 8.01. The number of amides is 2. The molecule has 2 amide bonds. The van der Waals surface area contributed by atoms with Gasteiger partial charge in [-0.05, 0) is 0 Å². The molecule has 0 aliphatic rings. The van der Waals surface area contributed by atoms with E-state index in [9.17, 15) is 9.59 Å². The third-order valence-electron chi connectivity index (χ3n) is 1.31. The number of primary amides is 1. The van der Waals surface area contributed by atoms with E-state index in [0.29, 0.717) is 15.9 Å². The lowest BCUT2D eigenvalue weighted by Gasteiger charge is -1.94. The molecule has 0 saturated carbocycles. The molecule has 6 nitrogen and oxygen atoms in total. The Morgan fingerprint density at radius 1 is 1.53 bits per heavy atom. The summed E-state index contributed by atoms with van der Waals surface area (Å²) in [4.78, 5) is 21.5. The Kier molecular flexibility index (Phi) is 4.50. The zero-order valence-electron chi connectivity index (χ0n) is 8.02. The highest BCUT2D eigenvalue weighted by atomic mass is 32.2. The van der Waals surface area contributed by atoms with Gasteiger partial charge in [-0.15, -0.1) is 10.2 Å². The van der Waals surface area contributed by atoms with Crippen molar-refractivity contribution in [3.63, 3.8) is 0 Å². The highest BCUT2D eigenvalue weighted by Gasteiger charge is 2.07. The number of aromatic nitrogens is 2. The van der Waals surface area contributed by atoms with Gasteiger partial charge in [0.15, 0.2) is 4.34 Å². The molecule has 0 atom stereocenters. The topological polar surface area (TPSA) is 98.0 Å². The quantitative estimate of drug-likeness (QED) is 0.581. The maximum absolute atomic E-state index is 11.0. The molecule has 1 aromatic rings. The van der Waals surface area contributed by atoms with Crippen LogP contribution in [0.2, 0.25) is 0 Å². The molecule has 8 heteroatoms. The molecule has 0 unspecified atom stereocenters. The summed E-state index contributed by atoms with van der Waals surface area (Å²) in [7, 11) is 0. The Morgan fingerprint density at radius 2 is 2.27 bits per heavy atom. The number of carbonyl (C=O) groups excluding carboxylic acids is 2. The largest absolute Gasteiger partial charge is 0.369 e. The molecule has 0 aliphatic heterocycles. The van der Waals surface area contributed by atoms with Crippen LogP contribution in [0.4, 0.5) is 5.13 Å². The van der Waals surface area contributed by atoms with E-state index in [1.165, 1.54) is 23.1 Å². The fraction of sp³-hybridized carbons (Fsp3) is 0.429. The van der Waals surface area contributed by atoms with E-state index in [0.717, 1.165) is 0 Å². The summed E-state index contributed by atoms with van der Waals surface area (Å²) in [5.74, 6) is -0.358. The van der Waals surface area contributed by atoms with E-state index in [1.807, 2.05) is 0 Å². The molecule has 0 saturated heterocycles. The number of rotatable bonds is 5. The Labute approximate surface area is 94.6 Å². The number of hydrogen-bond donors (Lipinski definition) is 2. The normalized spacial score (nSPS) is 9.93. The lowest BCUT2D eigenvalue weighted by Crippen LogP contribution is -2.12. The highest BCUT2D eigenvalue weighted by Crippen LogP contribution is 2.24. The van der Waals surface area contributed by atoms with E-state index in [1.54, 1.807) is 6.92 Å². The summed E-state index contributed by atoms with van der Waals surface area (Å²) in [6, 6.07) is 0. The Hall–Kier alpha value is -1.15. The molecule has 82 valence electrons. The Bertz CT molecular complexity index is 366. The standard InChI is InChI=1S/C7H10N4O2S2/c1-2-5(13)9-6-10-11-7(15-6)14-3-4(8)12/h2-3H2,1H3,(H2,8,12)(H,9,10,13). The van der Waals surface area contributed by atoms with Crippen molar-refractivity contribution in [3.8, 4) is 0 Å². The van der Waals surface area contributed by atoms with Crippen molar-refractivity contribution in [2.24, 2.45) is 5.73 Å². The summed E-state index contributed by atoms with van der Waals surface area (Å²) >= 11 is 2.42. The van der Waals surface area contributed by atoms with Crippen LogP contribution in [0.1, 0.15) is 13.3 Å². The van der Waals surface area contributed by atoms with Gasteiger partial charge in [-0.1, -0.05) is 30.0 Å². The van der Waals surface area contributed by atoms with Crippen molar-refractivity contribution in [1.29, 1.82) is 0 Å². The zero-order chi connectivity index (χ0) is 11.3. The first-order valence-corrected chi connectivity index (χ1v) is 5.96. The van der Waals surface area contributed by atoms with Crippen LogP contribution in [0.5, 0.6) is 0 Å². The molecule has 0 radical (unpaired) electrons. The first kappa shape index (κ1) is 11.9. The third-order valence-corrected chi connectivity index (χ3v) is 3.31. The molecule has 0 bridgehead atoms. The first-order valence-electron chi connectivity index (χ1n) is 4.16. The maximum Gasteiger partial charge on any atom is 0.227 e. The average Bonchev–Trinajstić information content (AvgIpc) is 2.62. The third kappa shape index (κ3) is 4.26. The lowest BCUT2D eigenvalue weighted by molar-refractivity contribution is -0.116. The van der Waals surface area contributed by atoms with E-state index < -0.39 is 5.91 Å². The number of nitrogens with one attached hydrogen (secondary N) is 1. The van der Waals surface area contributed by atoms with Gasteiger partial charge in [0.2, 0.25) is 16.9 Å². The van der Waals surface area contributed by atoms with Crippen molar-refractivity contribution in [3.05, 3.63) is 0 Å². The molecule has 3 N–H and O–H groups in total. The summed E-state index contributed by atoms with van der Waals surface area (Å²) in [5.41, 5.74) is 4.98. The van der Waals surface area contributed by atoms with Crippen LogP contribution in [0, 0.1) is 0 Å². The monoisotopic (exact) mass is 246 g/mol. The molecular weight excluding hydrogens is 236 g/mol. The minimum atomic E-state index is -0.408. The summed E-state index contributed by atoms with van der Waals surface area (Å²) in [6.45, 7) is 1.75. The molecule has 0 aliphatic carbocycles. The number of nitrogens with two attached hydrogens (primary N) is 1. The van der Waals surface area contributed by atoms with Crippen LogP contribution in [0.15, 0.2) is 4.34 Å². The minimum absolute atomic E-state index is 0.113. The van der Waals surface area contributed by atoms with Gasteiger partial charge in [0.25, 0.3) is 0 Å². The fourth-order valence-electron chi connectivity index (χ4n) is 0.659. The van der Waals surface area contributed by atoms with Crippen molar-refractivity contribution >= 4 is 40.0 Å². The van der Waals surface area contributed by atoms with E-state index in [4.69, 9.17) is 5.73 Å². The fourth-order valence-corrected chi connectivity index (χ4v) is 2.17. The van der Waals surface area contributed by atoms with Gasteiger partial charge >= 0.3 is 0 Å². The first-order chi connectivity index (χ1) is 7.11. The predicted molar refractivity (Wildman–Crippen MR) is 58.7 cm³/mol. The Morgan fingerprint density at radius 3 is 2.87 bits per heavy atom. The van der Waals surface area contributed by atoms with Crippen LogP contribution in [-0.4, -0.2) is 27.8 Å². The molecule has 0 spiro atoms. The average molecular weight is 246 g/mol. The van der Waals surface area contributed by atoms with Crippen molar-refractivity contribution in [1.82, 2.24) is 10.2 Å². The summed E-state index contributed by atoms with van der Waals surface area (Å²) < 4.78 is 0.611. The molecule has 15 heavy (non-hydrogen) atoms. The second-order valence-corrected chi connectivity index (χ2v) is 4.73.